The Kier molecular flexibility index (Phi) is 5.76. The van der Waals surface area contributed by atoms with Gasteiger partial charge in [-0.25, -0.2) is 9.78 Å². The molecule has 1 N–H and O–H groups in total. The summed E-state index contributed by atoms with van der Waals surface area (Å²) in [6.45, 7) is 5.56. The summed E-state index contributed by atoms with van der Waals surface area (Å²) in [5.41, 5.74) is 0. The fourth-order valence-corrected chi connectivity index (χ4v) is 3.57. The largest absolute Gasteiger partial charge is 0.337 e. The lowest BCUT2D eigenvalue weighted by Crippen LogP contribution is -2.40. The van der Waals surface area contributed by atoms with Crippen LogP contribution in [0.4, 0.5) is 4.79 Å². The molecule has 0 bridgehead atoms. The minimum Gasteiger partial charge on any atom is -0.337 e. The Bertz CT molecular complexity index is 539. The summed E-state index contributed by atoms with van der Waals surface area (Å²) in [7, 11) is 1.83. The molecule has 114 valence electrons. The van der Waals surface area contributed by atoms with Gasteiger partial charge in [-0.1, -0.05) is 19.9 Å². The van der Waals surface area contributed by atoms with Gasteiger partial charge in [0, 0.05) is 48.4 Å². The SMILES string of the molecule is C[C@@H](CNC(=O)N(C)C[C@H](C)c1nccs1)c1cccs1. The summed E-state index contributed by atoms with van der Waals surface area (Å²) >= 11 is 3.36. The smallest absolute Gasteiger partial charge is 0.317 e. The fourth-order valence-electron chi connectivity index (χ4n) is 2.10. The molecule has 0 aliphatic rings. The van der Waals surface area contributed by atoms with Crippen molar-refractivity contribution in [3.8, 4) is 0 Å². The highest BCUT2D eigenvalue weighted by Gasteiger charge is 2.16. The Balaban J connectivity index is 1.77. The minimum absolute atomic E-state index is 0.0261. The number of carbonyl (C=O) groups is 1. The van der Waals surface area contributed by atoms with Gasteiger partial charge >= 0.3 is 6.03 Å². The first-order valence-corrected chi connectivity index (χ1v) is 8.75. The summed E-state index contributed by atoms with van der Waals surface area (Å²) in [5, 5.41) is 8.10. The van der Waals surface area contributed by atoms with Crippen molar-refractivity contribution in [2.45, 2.75) is 25.7 Å². The van der Waals surface area contributed by atoms with E-state index in [0.717, 1.165) is 5.01 Å². The molecule has 2 heterocycles. The lowest BCUT2D eigenvalue weighted by atomic mass is 10.1. The first kappa shape index (κ1) is 16.0. The number of likely N-dealkylation sites (N-methyl/N-ethyl adjacent to an activating group) is 1. The summed E-state index contributed by atoms with van der Waals surface area (Å²) in [4.78, 5) is 19.5. The number of thiazole rings is 1. The molecule has 0 aliphatic carbocycles. The van der Waals surface area contributed by atoms with Crippen LogP contribution in [0, 0.1) is 0 Å². The first-order chi connectivity index (χ1) is 10.1. The number of hydrogen-bond acceptors (Lipinski definition) is 4. The van der Waals surface area contributed by atoms with E-state index < -0.39 is 0 Å². The number of amides is 2. The standard InChI is InChI=1S/C15H21N3OS2/c1-11(13-5-4-7-20-13)9-17-15(19)18(3)10-12(2)14-16-6-8-21-14/h4-8,11-12H,9-10H2,1-3H3,(H,17,19)/t11-,12-/m0/s1. The van der Waals surface area contributed by atoms with Crippen LogP contribution in [-0.2, 0) is 0 Å². The molecule has 0 saturated carbocycles. The van der Waals surface area contributed by atoms with Crippen LogP contribution < -0.4 is 5.32 Å². The molecule has 4 nitrogen and oxygen atoms in total. The van der Waals surface area contributed by atoms with Crippen LogP contribution in [0.15, 0.2) is 29.1 Å². The molecular weight excluding hydrogens is 302 g/mol. The van der Waals surface area contributed by atoms with Crippen LogP contribution in [0.5, 0.6) is 0 Å². The maximum Gasteiger partial charge on any atom is 0.317 e. The minimum atomic E-state index is -0.0261. The van der Waals surface area contributed by atoms with Crippen LogP contribution in [-0.4, -0.2) is 36.1 Å². The number of hydrogen-bond donors (Lipinski definition) is 1. The predicted molar refractivity (Wildman–Crippen MR) is 89.3 cm³/mol. The zero-order valence-electron chi connectivity index (χ0n) is 12.6. The van der Waals surface area contributed by atoms with E-state index in [1.54, 1.807) is 33.8 Å². The first-order valence-electron chi connectivity index (χ1n) is 6.99. The van der Waals surface area contributed by atoms with Crippen molar-refractivity contribution in [2.24, 2.45) is 0 Å². The molecule has 2 atom stereocenters. The van der Waals surface area contributed by atoms with Gasteiger partial charge in [0.25, 0.3) is 0 Å². The van der Waals surface area contributed by atoms with Gasteiger partial charge in [-0.3, -0.25) is 0 Å². The molecular formula is C15H21N3OS2. The number of nitrogens with zero attached hydrogens (tertiary/aromatic N) is 2. The van der Waals surface area contributed by atoms with Crippen molar-refractivity contribution >= 4 is 28.7 Å². The molecule has 0 aromatic carbocycles. The molecule has 2 aromatic heterocycles. The molecule has 0 aliphatic heterocycles. The number of urea groups is 1. The van der Waals surface area contributed by atoms with Crippen molar-refractivity contribution < 1.29 is 4.79 Å². The normalized spacial score (nSPS) is 13.7. The van der Waals surface area contributed by atoms with E-state index in [1.807, 2.05) is 18.5 Å². The summed E-state index contributed by atoms with van der Waals surface area (Å²) in [6.07, 6.45) is 1.80. The van der Waals surface area contributed by atoms with Crippen molar-refractivity contribution in [2.75, 3.05) is 20.1 Å². The van der Waals surface area contributed by atoms with Crippen molar-refractivity contribution in [1.29, 1.82) is 0 Å². The molecule has 2 rings (SSSR count). The van der Waals surface area contributed by atoms with Gasteiger partial charge in [0.05, 0.1) is 5.01 Å². The van der Waals surface area contributed by atoms with Crippen LogP contribution >= 0.6 is 22.7 Å². The molecule has 6 heteroatoms. The average Bonchev–Trinajstić information content (AvgIpc) is 3.15. The predicted octanol–water partition coefficient (Wildman–Crippen LogP) is 3.75. The third-order valence-corrected chi connectivity index (χ3v) is 5.47. The van der Waals surface area contributed by atoms with Crippen LogP contribution in [0.2, 0.25) is 0 Å². The van der Waals surface area contributed by atoms with Gasteiger partial charge in [-0.15, -0.1) is 22.7 Å². The van der Waals surface area contributed by atoms with E-state index in [-0.39, 0.29) is 11.9 Å². The molecule has 0 unspecified atom stereocenters. The summed E-state index contributed by atoms with van der Waals surface area (Å²) in [6, 6.07) is 4.12. The van der Waals surface area contributed by atoms with Crippen LogP contribution in [0.3, 0.4) is 0 Å². The Morgan fingerprint density at radius 2 is 2.14 bits per heavy atom. The highest BCUT2D eigenvalue weighted by molar-refractivity contribution is 7.10. The van der Waals surface area contributed by atoms with E-state index in [4.69, 9.17) is 0 Å². The second-order valence-corrected chi connectivity index (χ2v) is 7.16. The monoisotopic (exact) mass is 323 g/mol. The summed E-state index contributed by atoms with van der Waals surface area (Å²) in [5.74, 6) is 0.606. The quantitative estimate of drug-likeness (QED) is 0.880. The Morgan fingerprint density at radius 3 is 2.76 bits per heavy atom. The molecule has 2 amide bonds. The van der Waals surface area contributed by atoms with Crippen LogP contribution in [0.1, 0.15) is 35.6 Å². The Morgan fingerprint density at radius 1 is 1.33 bits per heavy atom. The van der Waals surface area contributed by atoms with E-state index in [0.29, 0.717) is 19.0 Å². The van der Waals surface area contributed by atoms with Gasteiger partial charge in [-0.2, -0.15) is 0 Å². The second-order valence-electron chi connectivity index (χ2n) is 5.25. The van der Waals surface area contributed by atoms with E-state index in [1.165, 1.54) is 4.88 Å². The van der Waals surface area contributed by atoms with Crippen molar-refractivity contribution in [3.05, 3.63) is 39.0 Å². The Hall–Kier alpha value is -1.40. The summed E-state index contributed by atoms with van der Waals surface area (Å²) < 4.78 is 0. The van der Waals surface area contributed by atoms with Crippen LogP contribution in [0.25, 0.3) is 0 Å². The third-order valence-electron chi connectivity index (χ3n) is 3.36. The van der Waals surface area contributed by atoms with E-state index in [2.05, 4.69) is 35.6 Å². The maximum atomic E-state index is 12.1. The van der Waals surface area contributed by atoms with Crippen molar-refractivity contribution in [3.63, 3.8) is 0 Å². The van der Waals surface area contributed by atoms with Crippen molar-refractivity contribution in [1.82, 2.24) is 15.2 Å². The zero-order valence-corrected chi connectivity index (χ0v) is 14.2. The average molecular weight is 323 g/mol. The Labute approximate surface area is 133 Å². The molecule has 2 aromatic rings. The molecule has 0 radical (unpaired) electrons. The molecule has 0 spiro atoms. The number of nitrogens with one attached hydrogen (secondary N) is 1. The highest BCUT2D eigenvalue weighted by atomic mass is 32.1. The van der Waals surface area contributed by atoms with E-state index >= 15 is 0 Å². The highest BCUT2D eigenvalue weighted by Crippen LogP contribution is 2.20. The zero-order chi connectivity index (χ0) is 15.2. The number of aromatic nitrogens is 1. The van der Waals surface area contributed by atoms with Gasteiger partial charge in [0.1, 0.15) is 0 Å². The van der Waals surface area contributed by atoms with Gasteiger partial charge in [0.15, 0.2) is 0 Å². The van der Waals surface area contributed by atoms with E-state index in [9.17, 15) is 4.79 Å². The molecule has 21 heavy (non-hydrogen) atoms. The molecule has 0 fully saturated rings. The number of carbonyl (C=O) groups excluding carboxylic acids is 1. The lowest BCUT2D eigenvalue weighted by Gasteiger charge is -2.22. The fraction of sp³-hybridized carbons (Fsp3) is 0.467. The van der Waals surface area contributed by atoms with Gasteiger partial charge < -0.3 is 10.2 Å². The van der Waals surface area contributed by atoms with Gasteiger partial charge in [-0.05, 0) is 11.4 Å². The third kappa shape index (κ3) is 4.54. The lowest BCUT2D eigenvalue weighted by molar-refractivity contribution is 0.206. The number of thiophene rings is 1. The maximum absolute atomic E-state index is 12.1. The topological polar surface area (TPSA) is 45.2 Å². The molecule has 0 saturated heterocycles. The van der Waals surface area contributed by atoms with Gasteiger partial charge in [0.2, 0.25) is 0 Å². The number of rotatable bonds is 6. The second kappa shape index (κ2) is 7.56.